The summed E-state index contributed by atoms with van der Waals surface area (Å²) < 4.78 is 5.14. The lowest BCUT2D eigenvalue weighted by Gasteiger charge is -2.27. The molecule has 2 amide bonds. The first-order valence-electron chi connectivity index (χ1n) is 7.08. The highest BCUT2D eigenvalue weighted by molar-refractivity contribution is 6.10. The number of hydrogen-bond donors (Lipinski definition) is 0. The molecule has 1 aromatic rings. The maximum absolute atomic E-state index is 12.3. The Labute approximate surface area is 118 Å². The molecule has 1 aromatic carbocycles. The molecule has 1 saturated carbocycles. The van der Waals surface area contributed by atoms with Crippen molar-refractivity contribution < 1.29 is 14.3 Å². The Kier molecular flexibility index (Phi) is 3.54. The van der Waals surface area contributed by atoms with E-state index in [0.717, 1.165) is 31.2 Å². The van der Waals surface area contributed by atoms with Crippen LogP contribution in [0.1, 0.15) is 37.7 Å². The Morgan fingerprint density at radius 2 is 1.75 bits per heavy atom. The molecule has 0 aromatic heterocycles. The largest absolute Gasteiger partial charge is 0.422 e. The van der Waals surface area contributed by atoms with Crippen LogP contribution in [0.3, 0.4) is 0 Å². The Balaban J connectivity index is 1.81. The minimum atomic E-state index is -0.524. The van der Waals surface area contributed by atoms with Crippen LogP contribution in [0.5, 0.6) is 0 Å². The van der Waals surface area contributed by atoms with Crippen LogP contribution in [-0.2, 0) is 9.53 Å². The van der Waals surface area contributed by atoms with Crippen molar-refractivity contribution in [3.8, 4) is 0 Å². The average Bonchev–Trinajstić information content (AvgIpc) is 2.75. The lowest BCUT2D eigenvalue weighted by Crippen LogP contribution is -2.40. The van der Waals surface area contributed by atoms with E-state index in [1.807, 2.05) is 30.3 Å². The van der Waals surface area contributed by atoms with Crippen molar-refractivity contribution in [1.29, 1.82) is 0 Å². The van der Waals surface area contributed by atoms with E-state index in [4.69, 9.17) is 4.74 Å². The van der Waals surface area contributed by atoms with Crippen LogP contribution in [0.25, 0.3) is 6.08 Å². The van der Waals surface area contributed by atoms with Gasteiger partial charge in [0.2, 0.25) is 0 Å². The molecule has 0 unspecified atom stereocenters. The lowest BCUT2D eigenvalue weighted by molar-refractivity contribution is -0.125. The number of imide groups is 1. The number of hydrogen-bond acceptors (Lipinski definition) is 3. The number of benzene rings is 1. The van der Waals surface area contributed by atoms with Gasteiger partial charge in [-0.25, -0.2) is 9.69 Å². The summed E-state index contributed by atoms with van der Waals surface area (Å²) in [6.45, 7) is 0. The van der Waals surface area contributed by atoms with Gasteiger partial charge in [0.05, 0.1) is 0 Å². The van der Waals surface area contributed by atoms with Gasteiger partial charge in [-0.3, -0.25) is 4.79 Å². The molecule has 0 atom stereocenters. The first-order chi connectivity index (χ1) is 9.75. The molecule has 1 aliphatic heterocycles. The minimum absolute atomic E-state index is 0.00502. The first-order valence-corrected chi connectivity index (χ1v) is 7.08. The van der Waals surface area contributed by atoms with E-state index in [1.54, 1.807) is 6.08 Å². The molecule has 2 aliphatic rings. The van der Waals surface area contributed by atoms with Gasteiger partial charge in [0.25, 0.3) is 5.91 Å². The summed E-state index contributed by atoms with van der Waals surface area (Å²) in [6, 6.07) is 9.41. The van der Waals surface area contributed by atoms with Crippen LogP contribution in [0.2, 0.25) is 0 Å². The van der Waals surface area contributed by atoms with E-state index < -0.39 is 6.09 Å². The molecule has 104 valence electrons. The van der Waals surface area contributed by atoms with Crippen LogP contribution < -0.4 is 0 Å². The molecule has 20 heavy (non-hydrogen) atoms. The number of cyclic esters (lactones) is 1. The number of amides is 2. The molecule has 1 heterocycles. The molecule has 0 bridgehead atoms. The smallest absolute Gasteiger partial charge is 0.404 e. The average molecular weight is 271 g/mol. The Morgan fingerprint density at radius 1 is 1.05 bits per heavy atom. The fourth-order valence-electron chi connectivity index (χ4n) is 2.83. The second-order valence-corrected chi connectivity index (χ2v) is 5.25. The lowest BCUT2D eigenvalue weighted by atomic mass is 9.94. The predicted octanol–water partition coefficient (Wildman–Crippen LogP) is 3.34. The summed E-state index contributed by atoms with van der Waals surface area (Å²) in [6.07, 6.45) is 6.20. The van der Waals surface area contributed by atoms with Gasteiger partial charge in [0.1, 0.15) is 0 Å². The van der Waals surface area contributed by atoms with Crippen LogP contribution in [-0.4, -0.2) is 22.9 Å². The molecule has 1 aliphatic carbocycles. The SMILES string of the molecule is O=C1O/C(=C\c2ccccc2)C(=O)N1C1CCCCC1. The van der Waals surface area contributed by atoms with E-state index in [1.165, 1.54) is 11.3 Å². The second kappa shape index (κ2) is 5.49. The second-order valence-electron chi connectivity index (χ2n) is 5.25. The van der Waals surface area contributed by atoms with Crippen molar-refractivity contribution in [3.63, 3.8) is 0 Å². The molecule has 3 rings (SSSR count). The maximum Gasteiger partial charge on any atom is 0.422 e. The highest BCUT2D eigenvalue weighted by Gasteiger charge is 2.41. The Bertz CT molecular complexity index is 544. The van der Waals surface area contributed by atoms with Gasteiger partial charge in [0, 0.05) is 6.04 Å². The zero-order valence-corrected chi connectivity index (χ0v) is 11.2. The van der Waals surface area contributed by atoms with Crippen molar-refractivity contribution in [1.82, 2.24) is 4.90 Å². The summed E-state index contributed by atoms with van der Waals surface area (Å²) in [4.78, 5) is 25.6. The van der Waals surface area contributed by atoms with Crippen molar-refractivity contribution in [2.45, 2.75) is 38.1 Å². The molecular formula is C16H17NO3. The van der Waals surface area contributed by atoms with Crippen LogP contribution in [0, 0.1) is 0 Å². The van der Waals surface area contributed by atoms with Gasteiger partial charge in [-0.05, 0) is 24.5 Å². The fourth-order valence-corrected chi connectivity index (χ4v) is 2.83. The fraction of sp³-hybridized carbons (Fsp3) is 0.375. The number of carbonyl (C=O) groups excluding carboxylic acids is 2. The third-order valence-electron chi connectivity index (χ3n) is 3.86. The van der Waals surface area contributed by atoms with E-state index >= 15 is 0 Å². The standard InChI is InChI=1S/C16H17NO3/c18-15-14(11-12-7-3-1-4-8-12)20-16(19)17(15)13-9-5-2-6-10-13/h1,3-4,7-8,11,13H,2,5-6,9-10H2/b14-11-. The zero-order valence-electron chi connectivity index (χ0n) is 11.2. The Morgan fingerprint density at radius 3 is 2.45 bits per heavy atom. The highest BCUT2D eigenvalue weighted by Crippen LogP contribution is 2.29. The van der Waals surface area contributed by atoms with Gasteiger partial charge >= 0.3 is 6.09 Å². The monoisotopic (exact) mass is 271 g/mol. The van der Waals surface area contributed by atoms with E-state index in [9.17, 15) is 9.59 Å². The molecule has 0 N–H and O–H groups in total. The summed E-state index contributed by atoms with van der Waals surface area (Å²) >= 11 is 0. The number of carbonyl (C=O) groups is 2. The zero-order chi connectivity index (χ0) is 13.9. The number of nitrogens with zero attached hydrogens (tertiary/aromatic N) is 1. The maximum atomic E-state index is 12.3. The minimum Gasteiger partial charge on any atom is -0.404 e. The van der Waals surface area contributed by atoms with Gasteiger partial charge in [-0.2, -0.15) is 0 Å². The molecule has 4 heteroatoms. The first kappa shape index (κ1) is 12.9. The third kappa shape index (κ3) is 2.46. The van der Waals surface area contributed by atoms with Crippen molar-refractivity contribution >= 4 is 18.1 Å². The van der Waals surface area contributed by atoms with Gasteiger partial charge in [-0.1, -0.05) is 49.6 Å². The Hall–Kier alpha value is -2.10. The quantitative estimate of drug-likeness (QED) is 0.775. The highest BCUT2D eigenvalue weighted by atomic mass is 16.6. The van der Waals surface area contributed by atoms with E-state index in [-0.39, 0.29) is 17.7 Å². The van der Waals surface area contributed by atoms with Crippen molar-refractivity contribution in [3.05, 3.63) is 41.7 Å². The van der Waals surface area contributed by atoms with Crippen LogP contribution in [0.4, 0.5) is 4.79 Å². The molecule has 0 radical (unpaired) electrons. The molecule has 0 spiro atoms. The predicted molar refractivity (Wildman–Crippen MR) is 74.6 cm³/mol. The van der Waals surface area contributed by atoms with Gasteiger partial charge in [-0.15, -0.1) is 0 Å². The normalized spacial score (nSPS) is 22.4. The van der Waals surface area contributed by atoms with Crippen LogP contribution >= 0.6 is 0 Å². The van der Waals surface area contributed by atoms with Crippen molar-refractivity contribution in [2.75, 3.05) is 0 Å². The van der Waals surface area contributed by atoms with Crippen LogP contribution in [0.15, 0.2) is 36.1 Å². The summed E-state index contributed by atoms with van der Waals surface area (Å²) in [5, 5.41) is 0. The van der Waals surface area contributed by atoms with Gasteiger partial charge < -0.3 is 4.74 Å². The third-order valence-corrected chi connectivity index (χ3v) is 3.86. The molecule has 4 nitrogen and oxygen atoms in total. The molecular weight excluding hydrogens is 254 g/mol. The van der Waals surface area contributed by atoms with Gasteiger partial charge in [0.15, 0.2) is 5.76 Å². The summed E-state index contributed by atoms with van der Waals surface area (Å²) in [5.74, 6) is -0.169. The number of ether oxygens (including phenoxy) is 1. The number of rotatable bonds is 2. The summed E-state index contributed by atoms with van der Waals surface area (Å²) in [7, 11) is 0. The van der Waals surface area contributed by atoms with E-state index in [0.29, 0.717) is 0 Å². The van der Waals surface area contributed by atoms with E-state index in [2.05, 4.69) is 0 Å². The topological polar surface area (TPSA) is 46.6 Å². The molecule has 2 fully saturated rings. The summed E-state index contributed by atoms with van der Waals surface area (Å²) in [5.41, 5.74) is 0.856. The molecule has 1 saturated heterocycles. The van der Waals surface area contributed by atoms with Crippen molar-refractivity contribution in [2.24, 2.45) is 0 Å².